The van der Waals surface area contributed by atoms with E-state index < -0.39 is 5.97 Å². The van der Waals surface area contributed by atoms with Crippen molar-refractivity contribution in [3.8, 4) is 0 Å². The Labute approximate surface area is 140 Å². The number of carboxylic acid groups (broad SMARTS) is 1. The van der Waals surface area contributed by atoms with Crippen LogP contribution in [0.15, 0.2) is 72.4 Å². The highest BCUT2D eigenvalue weighted by Crippen LogP contribution is 2.11. The third-order valence-electron chi connectivity index (χ3n) is 3.38. The third-order valence-corrected chi connectivity index (χ3v) is 3.38. The summed E-state index contributed by atoms with van der Waals surface area (Å²) in [6, 6.07) is 19.0. The second-order valence-corrected chi connectivity index (χ2v) is 5.11. The van der Waals surface area contributed by atoms with Crippen LogP contribution in [-0.2, 0) is 27.5 Å². The van der Waals surface area contributed by atoms with Gasteiger partial charge in [0.05, 0.1) is 0 Å². The van der Waals surface area contributed by atoms with Crippen LogP contribution in [0.25, 0.3) is 0 Å². The maximum absolute atomic E-state index is 11.4. The van der Waals surface area contributed by atoms with Crippen molar-refractivity contribution in [2.75, 3.05) is 0 Å². The molecule has 5 nitrogen and oxygen atoms in total. The Morgan fingerprint density at radius 2 is 1.58 bits per heavy atom. The minimum atomic E-state index is -1.21. The molecule has 0 aliphatic carbocycles. The van der Waals surface area contributed by atoms with Crippen LogP contribution < -0.4 is 0 Å². The molecule has 0 heterocycles. The Morgan fingerprint density at radius 3 is 2.12 bits per heavy atom. The van der Waals surface area contributed by atoms with Crippen molar-refractivity contribution < 1.29 is 19.5 Å². The van der Waals surface area contributed by atoms with Gasteiger partial charge in [-0.1, -0.05) is 66.7 Å². The summed E-state index contributed by atoms with van der Waals surface area (Å²) in [5.74, 6) is -1.21. The molecule has 2 aromatic rings. The number of aliphatic carboxylic acids is 1. The molecule has 0 aliphatic rings. The first-order valence-corrected chi connectivity index (χ1v) is 7.59. The average Bonchev–Trinajstić information content (AvgIpc) is 2.62. The van der Waals surface area contributed by atoms with E-state index in [4.69, 9.17) is 4.84 Å². The van der Waals surface area contributed by atoms with Crippen LogP contribution in [-0.4, -0.2) is 22.5 Å². The van der Waals surface area contributed by atoms with Crippen LogP contribution in [0.5, 0.6) is 0 Å². The van der Waals surface area contributed by atoms with Crippen LogP contribution >= 0.6 is 0 Å². The summed E-state index contributed by atoms with van der Waals surface area (Å²) >= 11 is 0. The number of rotatable bonds is 9. The lowest BCUT2D eigenvalue weighted by atomic mass is 10.1. The van der Waals surface area contributed by atoms with E-state index in [0.29, 0.717) is 19.3 Å². The van der Waals surface area contributed by atoms with E-state index in [2.05, 4.69) is 0 Å². The molecule has 0 saturated carbocycles. The predicted octanol–water partition coefficient (Wildman–Crippen LogP) is 3.18. The fourth-order valence-corrected chi connectivity index (χ4v) is 2.17. The summed E-state index contributed by atoms with van der Waals surface area (Å²) < 4.78 is 0. The monoisotopic (exact) mass is 325 g/mol. The van der Waals surface area contributed by atoms with Crippen molar-refractivity contribution in [3.63, 3.8) is 0 Å². The third kappa shape index (κ3) is 5.37. The molecule has 0 bridgehead atoms. The Kier molecular flexibility index (Phi) is 6.73. The summed E-state index contributed by atoms with van der Waals surface area (Å²) in [6.45, 7) is 0.114. The van der Waals surface area contributed by atoms with Gasteiger partial charge in [-0.2, -0.15) is 5.06 Å². The van der Waals surface area contributed by atoms with E-state index in [-0.39, 0.29) is 12.3 Å². The molecule has 0 spiro atoms. The molecule has 2 rings (SSSR count). The SMILES string of the molecule is O=CN(OCc1ccccc1)/C(=C/CCc1ccccc1)C(=O)O. The number of carbonyl (C=O) groups excluding carboxylic acids is 1. The molecular weight excluding hydrogens is 306 g/mol. The average molecular weight is 325 g/mol. The lowest BCUT2D eigenvalue weighted by Gasteiger charge is -2.17. The van der Waals surface area contributed by atoms with Gasteiger partial charge >= 0.3 is 5.97 Å². The van der Waals surface area contributed by atoms with Crippen molar-refractivity contribution >= 4 is 12.4 Å². The maximum atomic E-state index is 11.4. The van der Waals surface area contributed by atoms with Crippen LogP contribution in [0.2, 0.25) is 0 Å². The van der Waals surface area contributed by atoms with E-state index in [1.165, 1.54) is 6.08 Å². The van der Waals surface area contributed by atoms with Crippen LogP contribution in [0.3, 0.4) is 0 Å². The summed E-state index contributed by atoms with van der Waals surface area (Å²) in [5.41, 5.74) is 1.76. The number of amides is 1. The summed E-state index contributed by atoms with van der Waals surface area (Å²) in [5, 5.41) is 10.1. The molecule has 1 N–H and O–H groups in total. The largest absolute Gasteiger partial charge is 0.477 e. The minimum absolute atomic E-state index is 0.114. The molecule has 0 saturated heterocycles. The molecule has 124 valence electrons. The number of nitrogens with zero attached hydrogens (tertiary/aromatic N) is 1. The van der Waals surface area contributed by atoms with Gasteiger partial charge in [-0.25, -0.2) is 4.79 Å². The zero-order chi connectivity index (χ0) is 17.2. The first-order valence-electron chi connectivity index (χ1n) is 7.59. The fraction of sp³-hybridized carbons (Fsp3) is 0.158. The van der Waals surface area contributed by atoms with E-state index in [0.717, 1.165) is 16.2 Å². The van der Waals surface area contributed by atoms with Gasteiger partial charge in [0.2, 0.25) is 6.41 Å². The highest BCUT2D eigenvalue weighted by molar-refractivity contribution is 5.88. The van der Waals surface area contributed by atoms with Gasteiger partial charge in [-0.3, -0.25) is 9.63 Å². The second-order valence-electron chi connectivity index (χ2n) is 5.11. The van der Waals surface area contributed by atoms with Gasteiger partial charge in [0, 0.05) is 0 Å². The van der Waals surface area contributed by atoms with Gasteiger partial charge < -0.3 is 5.11 Å². The Balaban J connectivity index is 1.99. The molecule has 0 aliphatic heterocycles. The molecular formula is C19H19NO4. The number of hydrogen-bond donors (Lipinski definition) is 1. The van der Waals surface area contributed by atoms with Crippen molar-refractivity contribution in [3.05, 3.63) is 83.6 Å². The molecule has 0 aromatic heterocycles. The number of benzene rings is 2. The second kappa shape index (κ2) is 9.27. The number of allylic oxidation sites excluding steroid dienone is 1. The summed E-state index contributed by atoms with van der Waals surface area (Å²) in [6.07, 6.45) is 3.04. The standard InChI is InChI=1S/C19H19NO4/c21-15-20(24-14-17-10-5-2-6-11-17)18(19(22)23)13-7-12-16-8-3-1-4-9-16/h1-6,8-11,13,15H,7,12,14H2,(H,22,23)/b18-13+. The molecule has 0 radical (unpaired) electrons. The van der Waals surface area contributed by atoms with Gasteiger partial charge in [0.25, 0.3) is 0 Å². The Hall–Kier alpha value is -2.92. The topological polar surface area (TPSA) is 66.8 Å². The van der Waals surface area contributed by atoms with Crippen LogP contribution in [0.1, 0.15) is 17.5 Å². The molecule has 0 unspecified atom stereocenters. The fourth-order valence-electron chi connectivity index (χ4n) is 2.17. The summed E-state index contributed by atoms with van der Waals surface area (Å²) in [7, 11) is 0. The number of hydroxylamine groups is 2. The lowest BCUT2D eigenvalue weighted by molar-refractivity contribution is -0.171. The zero-order valence-electron chi connectivity index (χ0n) is 13.2. The highest BCUT2D eigenvalue weighted by Gasteiger charge is 2.17. The quantitative estimate of drug-likeness (QED) is 0.437. The van der Waals surface area contributed by atoms with E-state index in [1.807, 2.05) is 60.7 Å². The first kappa shape index (κ1) is 17.4. The van der Waals surface area contributed by atoms with Crippen molar-refractivity contribution in [1.29, 1.82) is 0 Å². The highest BCUT2D eigenvalue weighted by atomic mass is 16.7. The van der Waals surface area contributed by atoms with Gasteiger partial charge in [-0.15, -0.1) is 0 Å². The maximum Gasteiger partial charge on any atom is 0.354 e. The molecule has 2 aromatic carbocycles. The van der Waals surface area contributed by atoms with Crippen molar-refractivity contribution in [2.24, 2.45) is 0 Å². The van der Waals surface area contributed by atoms with Gasteiger partial charge in [-0.05, 0) is 24.0 Å². The van der Waals surface area contributed by atoms with Gasteiger partial charge in [0.1, 0.15) is 6.61 Å². The number of hydrogen-bond acceptors (Lipinski definition) is 3. The van der Waals surface area contributed by atoms with Crippen LogP contribution in [0, 0.1) is 0 Å². The number of carboxylic acids is 1. The predicted molar refractivity (Wildman–Crippen MR) is 89.6 cm³/mol. The first-order chi connectivity index (χ1) is 11.7. The van der Waals surface area contributed by atoms with Crippen LogP contribution in [0.4, 0.5) is 0 Å². The molecule has 5 heteroatoms. The molecule has 1 amide bonds. The smallest absolute Gasteiger partial charge is 0.354 e. The molecule has 24 heavy (non-hydrogen) atoms. The van der Waals surface area contributed by atoms with Gasteiger partial charge in [0.15, 0.2) is 5.70 Å². The Bertz CT molecular complexity index is 683. The minimum Gasteiger partial charge on any atom is -0.477 e. The number of aryl methyl sites for hydroxylation is 1. The molecule has 0 fully saturated rings. The van der Waals surface area contributed by atoms with E-state index in [1.54, 1.807) is 0 Å². The normalized spacial score (nSPS) is 11.1. The van der Waals surface area contributed by atoms with E-state index in [9.17, 15) is 14.7 Å². The summed E-state index contributed by atoms with van der Waals surface area (Å²) in [4.78, 5) is 27.9. The Morgan fingerprint density at radius 1 is 1.00 bits per heavy atom. The van der Waals surface area contributed by atoms with Crippen molar-refractivity contribution in [2.45, 2.75) is 19.4 Å². The number of carbonyl (C=O) groups is 2. The molecule has 0 atom stereocenters. The lowest BCUT2D eigenvalue weighted by Crippen LogP contribution is -2.26. The van der Waals surface area contributed by atoms with Crippen molar-refractivity contribution in [1.82, 2.24) is 5.06 Å². The van der Waals surface area contributed by atoms with E-state index >= 15 is 0 Å². The zero-order valence-corrected chi connectivity index (χ0v) is 13.2.